The molecular weight excluding hydrogens is 573 g/mol. The van der Waals surface area contributed by atoms with Gasteiger partial charge >= 0.3 is 0 Å². The fourth-order valence-electron chi connectivity index (χ4n) is 6.86. The zero-order valence-electron chi connectivity index (χ0n) is 31.3. The highest BCUT2D eigenvalue weighted by atomic mass is 28.3. The SMILES string of the molecule is CC(C)CCCC(C)CCC1(CCC(C)CCCC(C)C)c2cc(C#C[Si](C)(C)C)ccc2-c2ccc(C#C[Si](C)(C)C)cc21. The van der Waals surface area contributed by atoms with Crippen molar-refractivity contribution in [1.82, 2.24) is 0 Å². The van der Waals surface area contributed by atoms with Crippen molar-refractivity contribution in [2.75, 3.05) is 0 Å². The van der Waals surface area contributed by atoms with Gasteiger partial charge in [-0.1, -0.05) is 143 Å². The van der Waals surface area contributed by atoms with Crippen molar-refractivity contribution in [1.29, 1.82) is 0 Å². The van der Waals surface area contributed by atoms with Gasteiger partial charge in [0.05, 0.1) is 0 Å². The highest BCUT2D eigenvalue weighted by Gasteiger charge is 2.43. The normalized spacial score (nSPS) is 15.2. The molecule has 0 N–H and O–H groups in total. The molecule has 0 fully saturated rings. The molecule has 0 radical (unpaired) electrons. The largest absolute Gasteiger partial charge is 0.129 e. The van der Waals surface area contributed by atoms with Gasteiger partial charge in [-0.3, -0.25) is 0 Å². The predicted octanol–water partition coefficient (Wildman–Crippen LogP) is 12.9. The monoisotopic (exact) mass is 638 g/mol. The van der Waals surface area contributed by atoms with Crippen LogP contribution in [0.4, 0.5) is 0 Å². The summed E-state index contributed by atoms with van der Waals surface area (Å²) in [4.78, 5) is 0. The van der Waals surface area contributed by atoms with Crippen molar-refractivity contribution >= 4 is 16.1 Å². The van der Waals surface area contributed by atoms with E-state index in [1.807, 2.05) is 0 Å². The standard InChI is InChI=1S/C43H66Si2/c1-33(2)15-13-17-35(5)23-27-43(28-24-36(6)18-14-16-34(3)4)41-31-37(25-29-44(7,8)9)19-21-39(41)40-22-20-38(32-42(40)43)26-30-45(10,11)12/h19-22,31-36H,13-18,23-24,27-28H2,1-12H3. The van der Waals surface area contributed by atoms with E-state index in [1.165, 1.54) is 86.5 Å². The highest BCUT2D eigenvalue weighted by Crippen LogP contribution is 2.55. The van der Waals surface area contributed by atoms with Crippen LogP contribution < -0.4 is 0 Å². The molecule has 0 aromatic heterocycles. The Morgan fingerprint density at radius 3 is 1.24 bits per heavy atom. The average Bonchev–Trinajstić information content (AvgIpc) is 3.20. The van der Waals surface area contributed by atoms with Crippen molar-refractivity contribution in [3.05, 3.63) is 58.7 Å². The summed E-state index contributed by atoms with van der Waals surface area (Å²) in [6, 6.07) is 14.4. The summed E-state index contributed by atoms with van der Waals surface area (Å²) in [5.74, 6) is 10.3. The molecule has 2 unspecified atom stereocenters. The maximum atomic E-state index is 3.66. The topological polar surface area (TPSA) is 0 Å². The van der Waals surface area contributed by atoms with Gasteiger partial charge in [-0.05, 0) is 95.9 Å². The minimum absolute atomic E-state index is 0.0248. The Morgan fingerprint density at radius 2 is 0.911 bits per heavy atom. The van der Waals surface area contributed by atoms with Crippen LogP contribution in [0.2, 0.25) is 39.3 Å². The fourth-order valence-corrected chi connectivity index (χ4v) is 7.90. The molecule has 0 spiro atoms. The zero-order valence-corrected chi connectivity index (χ0v) is 33.3. The van der Waals surface area contributed by atoms with E-state index in [2.05, 4.69) is 140 Å². The molecule has 0 saturated heterocycles. The fraction of sp³-hybridized carbons (Fsp3) is 0.628. The van der Waals surface area contributed by atoms with E-state index >= 15 is 0 Å². The van der Waals surface area contributed by atoms with Crippen LogP contribution in [0.5, 0.6) is 0 Å². The Hall–Kier alpha value is -2.01. The molecule has 246 valence electrons. The number of benzene rings is 2. The Kier molecular flexibility index (Phi) is 13.5. The van der Waals surface area contributed by atoms with E-state index in [4.69, 9.17) is 0 Å². The number of rotatable bonds is 14. The lowest BCUT2D eigenvalue weighted by atomic mass is 9.68. The molecule has 1 aliphatic rings. The predicted molar refractivity (Wildman–Crippen MR) is 207 cm³/mol. The Balaban J connectivity index is 2.12. The van der Waals surface area contributed by atoms with Crippen molar-refractivity contribution in [2.24, 2.45) is 23.7 Å². The van der Waals surface area contributed by atoms with Gasteiger partial charge in [-0.25, -0.2) is 0 Å². The second-order valence-electron chi connectivity index (χ2n) is 17.5. The van der Waals surface area contributed by atoms with Gasteiger partial charge in [0.1, 0.15) is 16.1 Å². The molecule has 0 bridgehead atoms. The summed E-state index contributed by atoms with van der Waals surface area (Å²) in [5.41, 5.74) is 15.7. The molecule has 45 heavy (non-hydrogen) atoms. The van der Waals surface area contributed by atoms with Crippen LogP contribution >= 0.6 is 0 Å². The summed E-state index contributed by atoms with van der Waals surface area (Å²) >= 11 is 0. The number of fused-ring (bicyclic) bond motifs is 3. The minimum atomic E-state index is -1.47. The van der Waals surface area contributed by atoms with Crippen LogP contribution in [0.25, 0.3) is 11.1 Å². The average molecular weight is 639 g/mol. The number of hydrogen-bond acceptors (Lipinski definition) is 0. The summed E-state index contributed by atoms with van der Waals surface area (Å²) in [6.07, 6.45) is 13.0. The molecule has 2 atom stereocenters. The molecule has 1 aliphatic carbocycles. The second kappa shape index (κ2) is 16.2. The van der Waals surface area contributed by atoms with Crippen molar-refractivity contribution in [2.45, 2.75) is 150 Å². The first kappa shape index (κ1) is 37.5. The van der Waals surface area contributed by atoms with Crippen molar-refractivity contribution < 1.29 is 0 Å². The first-order chi connectivity index (χ1) is 21.0. The molecule has 0 saturated carbocycles. The van der Waals surface area contributed by atoms with Crippen molar-refractivity contribution in [3.8, 4) is 34.1 Å². The first-order valence-corrected chi connectivity index (χ1v) is 25.3. The summed E-state index contributed by atoms with van der Waals surface area (Å²) in [7, 11) is -2.94. The molecule has 2 heteroatoms. The lowest BCUT2D eigenvalue weighted by Crippen LogP contribution is -2.27. The van der Waals surface area contributed by atoms with E-state index in [-0.39, 0.29) is 5.41 Å². The van der Waals surface area contributed by atoms with Crippen LogP contribution in [0.3, 0.4) is 0 Å². The summed E-state index contributed by atoms with van der Waals surface area (Å²) < 4.78 is 0. The molecule has 0 nitrogen and oxygen atoms in total. The van der Waals surface area contributed by atoms with Gasteiger partial charge in [-0.2, -0.15) is 0 Å². The summed E-state index contributed by atoms with van der Waals surface area (Å²) in [5, 5.41) is 0. The zero-order chi connectivity index (χ0) is 33.4. The molecule has 2 aromatic carbocycles. The molecule has 2 aromatic rings. The third kappa shape index (κ3) is 11.6. The van der Waals surface area contributed by atoms with Crippen LogP contribution in [-0.2, 0) is 5.41 Å². The number of hydrogen-bond donors (Lipinski definition) is 0. The van der Waals surface area contributed by atoms with Crippen molar-refractivity contribution in [3.63, 3.8) is 0 Å². The highest BCUT2D eigenvalue weighted by molar-refractivity contribution is 6.84. The molecule has 0 heterocycles. The van der Waals surface area contributed by atoms with E-state index in [1.54, 1.807) is 11.1 Å². The van der Waals surface area contributed by atoms with Crippen LogP contribution in [0.1, 0.15) is 128 Å². The summed E-state index contributed by atoms with van der Waals surface area (Å²) in [6.45, 7) is 28.5. The smallest absolute Gasteiger partial charge is 0.127 e. The van der Waals surface area contributed by atoms with Gasteiger partial charge in [0.25, 0.3) is 0 Å². The maximum absolute atomic E-state index is 3.66. The molecule has 0 amide bonds. The van der Waals surface area contributed by atoms with Gasteiger partial charge in [-0.15, -0.1) is 11.1 Å². The lowest BCUT2D eigenvalue weighted by Gasteiger charge is -2.35. The minimum Gasteiger partial charge on any atom is -0.127 e. The van der Waals surface area contributed by atoms with E-state index < -0.39 is 16.1 Å². The maximum Gasteiger partial charge on any atom is 0.129 e. The molecule has 0 aliphatic heterocycles. The van der Waals surface area contributed by atoms with Crippen LogP contribution in [-0.4, -0.2) is 16.1 Å². The molecular formula is C43H66Si2. The van der Waals surface area contributed by atoms with Crippen LogP contribution in [0, 0.1) is 46.6 Å². The quantitative estimate of drug-likeness (QED) is 0.143. The Bertz CT molecular complexity index is 1270. The van der Waals surface area contributed by atoms with Gasteiger partial charge in [0.15, 0.2) is 0 Å². The second-order valence-corrected chi connectivity index (χ2v) is 27.0. The first-order valence-electron chi connectivity index (χ1n) is 18.3. The van der Waals surface area contributed by atoms with Gasteiger partial charge in [0.2, 0.25) is 0 Å². The third-order valence-electron chi connectivity index (χ3n) is 9.61. The van der Waals surface area contributed by atoms with E-state index in [0.717, 1.165) is 23.7 Å². The van der Waals surface area contributed by atoms with Crippen LogP contribution in [0.15, 0.2) is 36.4 Å². The van der Waals surface area contributed by atoms with Gasteiger partial charge in [0, 0.05) is 16.5 Å². The van der Waals surface area contributed by atoms with E-state index in [0.29, 0.717) is 0 Å². The van der Waals surface area contributed by atoms with Gasteiger partial charge < -0.3 is 0 Å². The van der Waals surface area contributed by atoms with E-state index in [9.17, 15) is 0 Å². The Labute approximate surface area is 282 Å². The lowest BCUT2D eigenvalue weighted by molar-refractivity contribution is 0.327. The third-order valence-corrected chi connectivity index (χ3v) is 11.4. The molecule has 3 rings (SSSR count). The Morgan fingerprint density at radius 1 is 0.533 bits per heavy atom.